The number of carbonyl (C=O) groups is 1. The number of hydrogen-bond acceptors (Lipinski definition) is 3. The Kier molecular flexibility index (Phi) is 1.07. The largest absolute Gasteiger partial charge is 0.454 e. The van der Waals surface area contributed by atoms with Gasteiger partial charge in [-0.15, -0.1) is 0 Å². The number of carbonyl (C=O) groups excluding carboxylic acids is 1. The van der Waals surface area contributed by atoms with E-state index in [0.29, 0.717) is 17.1 Å². The molecule has 2 aliphatic heterocycles. The second kappa shape index (κ2) is 2.10. The van der Waals surface area contributed by atoms with E-state index in [2.05, 4.69) is 4.99 Å². The van der Waals surface area contributed by atoms with Crippen molar-refractivity contribution in [1.29, 1.82) is 0 Å². The minimum Gasteiger partial charge on any atom is -0.454 e. The van der Waals surface area contributed by atoms with Gasteiger partial charge in [0.15, 0.2) is 11.5 Å². The smallest absolute Gasteiger partial charge is 0.281 e. The molecule has 1 amide bonds. The molecule has 3 rings (SSSR count). The van der Waals surface area contributed by atoms with Gasteiger partial charge in [-0.3, -0.25) is 4.79 Å². The molecule has 0 saturated carbocycles. The van der Waals surface area contributed by atoms with E-state index in [-0.39, 0.29) is 12.7 Å². The molecule has 0 spiro atoms. The second-order valence-corrected chi connectivity index (χ2v) is 2.83. The van der Waals surface area contributed by atoms with Crippen LogP contribution in [0.15, 0.2) is 17.1 Å². The summed E-state index contributed by atoms with van der Waals surface area (Å²) in [5.74, 6) is 0.898. The Morgan fingerprint density at radius 1 is 1.31 bits per heavy atom. The van der Waals surface area contributed by atoms with E-state index in [1.165, 1.54) is 0 Å². The molecule has 1 aromatic carbocycles. The topological polar surface area (TPSA) is 47.9 Å². The summed E-state index contributed by atoms with van der Waals surface area (Å²) >= 11 is 0. The average Bonchev–Trinajstić information content (AvgIpc) is 2.70. The van der Waals surface area contributed by atoms with Crippen molar-refractivity contribution in [1.82, 2.24) is 0 Å². The van der Waals surface area contributed by atoms with E-state index in [0.717, 1.165) is 5.56 Å². The van der Waals surface area contributed by atoms with Gasteiger partial charge in [0, 0.05) is 11.8 Å². The molecule has 0 atom stereocenters. The van der Waals surface area contributed by atoms with E-state index in [4.69, 9.17) is 9.47 Å². The van der Waals surface area contributed by atoms with Crippen molar-refractivity contribution in [3.05, 3.63) is 23.3 Å². The molecule has 4 nitrogen and oxygen atoms in total. The summed E-state index contributed by atoms with van der Waals surface area (Å²) in [6.07, 6.45) is 1.54. The first-order valence-corrected chi connectivity index (χ1v) is 3.87. The zero-order valence-electron chi connectivity index (χ0n) is 6.61. The quantitative estimate of drug-likeness (QED) is 0.590. The van der Waals surface area contributed by atoms with Gasteiger partial charge in [-0.2, -0.15) is 0 Å². The number of benzene rings is 1. The molecule has 0 aliphatic carbocycles. The number of fused-ring (bicyclic) bond motifs is 3. The molecule has 2 heterocycles. The lowest BCUT2D eigenvalue weighted by Crippen LogP contribution is -1.97. The van der Waals surface area contributed by atoms with E-state index < -0.39 is 0 Å². The maximum Gasteiger partial charge on any atom is 0.281 e. The Morgan fingerprint density at radius 2 is 2.23 bits per heavy atom. The van der Waals surface area contributed by atoms with E-state index in [9.17, 15) is 4.79 Å². The Bertz CT molecular complexity index is 437. The SMILES string of the molecule is O=C1N=Cc2ccc3c(c21)OCO3. The fourth-order valence-electron chi connectivity index (χ4n) is 1.51. The highest BCUT2D eigenvalue weighted by molar-refractivity contribution is 6.15. The van der Waals surface area contributed by atoms with Crippen molar-refractivity contribution >= 4 is 12.1 Å². The van der Waals surface area contributed by atoms with Crippen molar-refractivity contribution in [2.24, 2.45) is 4.99 Å². The monoisotopic (exact) mass is 175 g/mol. The van der Waals surface area contributed by atoms with Gasteiger partial charge in [0.2, 0.25) is 6.79 Å². The summed E-state index contributed by atoms with van der Waals surface area (Å²) in [6, 6.07) is 3.59. The number of ether oxygens (including phenoxy) is 2. The predicted molar refractivity (Wildman–Crippen MR) is 44.5 cm³/mol. The van der Waals surface area contributed by atoms with Crippen LogP contribution in [-0.2, 0) is 0 Å². The van der Waals surface area contributed by atoms with Crippen LogP contribution in [0.1, 0.15) is 15.9 Å². The average molecular weight is 175 g/mol. The standard InChI is InChI=1S/C9H5NO3/c11-9-7-5(3-10-9)1-2-6-8(7)13-4-12-6/h1-3H,4H2. The van der Waals surface area contributed by atoms with Crippen LogP contribution in [0.25, 0.3) is 0 Å². The van der Waals surface area contributed by atoms with Crippen LogP contribution in [0, 0.1) is 0 Å². The van der Waals surface area contributed by atoms with Gasteiger partial charge in [-0.25, -0.2) is 4.99 Å². The Labute approximate surface area is 73.8 Å². The molecule has 0 fully saturated rings. The van der Waals surface area contributed by atoms with Crippen LogP contribution in [0.2, 0.25) is 0 Å². The van der Waals surface area contributed by atoms with Crippen LogP contribution < -0.4 is 9.47 Å². The van der Waals surface area contributed by atoms with Crippen molar-refractivity contribution in [2.75, 3.05) is 6.79 Å². The normalized spacial score (nSPS) is 16.5. The maximum absolute atomic E-state index is 11.3. The lowest BCUT2D eigenvalue weighted by Gasteiger charge is -2.00. The van der Waals surface area contributed by atoms with E-state index >= 15 is 0 Å². The number of rotatable bonds is 0. The molecule has 4 heteroatoms. The van der Waals surface area contributed by atoms with Gasteiger partial charge in [0.05, 0.1) is 5.56 Å². The number of hydrogen-bond donors (Lipinski definition) is 0. The summed E-state index contributed by atoms with van der Waals surface area (Å²) < 4.78 is 10.3. The minimum atomic E-state index is -0.252. The van der Waals surface area contributed by atoms with Gasteiger partial charge in [0.1, 0.15) is 0 Å². The third-order valence-electron chi connectivity index (χ3n) is 2.11. The third-order valence-corrected chi connectivity index (χ3v) is 2.11. The molecule has 13 heavy (non-hydrogen) atoms. The van der Waals surface area contributed by atoms with Crippen LogP contribution in [0.3, 0.4) is 0 Å². The molecular weight excluding hydrogens is 170 g/mol. The first kappa shape index (κ1) is 6.65. The highest BCUT2D eigenvalue weighted by Crippen LogP contribution is 2.38. The van der Waals surface area contributed by atoms with Crippen molar-refractivity contribution in [2.45, 2.75) is 0 Å². The van der Waals surface area contributed by atoms with Gasteiger partial charge in [0.25, 0.3) is 5.91 Å². The fourth-order valence-corrected chi connectivity index (χ4v) is 1.51. The minimum absolute atomic E-state index is 0.180. The maximum atomic E-state index is 11.3. The molecule has 2 aliphatic rings. The second-order valence-electron chi connectivity index (χ2n) is 2.83. The molecule has 0 N–H and O–H groups in total. The fraction of sp³-hybridized carbons (Fsp3) is 0.111. The lowest BCUT2D eigenvalue weighted by molar-refractivity contribution is 0.100. The summed E-state index contributed by atoms with van der Waals surface area (Å²) in [6.45, 7) is 0.180. The van der Waals surface area contributed by atoms with Gasteiger partial charge >= 0.3 is 0 Å². The van der Waals surface area contributed by atoms with Gasteiger partial charge < -0.3 is 9.47 Å². The molecule has 0 radical (unpaired) electrons. The highest BCUT2D eigenvalue weighted by Gasteiger charge is 2.27. The molecule has 0 unspecified atom stereocenters. The zero-order valence-corrected chi connectivity index (χ0v) is 6.61. The Hall–Kier alpha value is -1.84. The molecule has 64 valence electrons. The van der Waals surface area contributed by atoms with Crippen molar-refractivity contribution in [3.63, 3.8) is 0 Å². The summed E-state index contributed by atoms with van der Waals surface area (Å²) in [5.41, 5.74) is 1.32. The first-order valence-electron chi connectivity index (χ1n) is 3.87. The summed E-state index contributed by atoms with van der Waals surface area (Å²) in [7, 11) is 0. The zero-order chi connectivity index (χ0) is 8.84. The molecule has 1 aromatic rings. The highest BCUT2D eigenvalue weighted by atomic mass is 16.7. The lowest BCUT2D eigenvalue weighted by atomic mass is 10.1. The molecule has 0 aromatic heterocycles. The number of aliphatic imine (C=N–C) groups is 1. The van der Waals surface area contributed by atoms with Crippen molar-refractivity contribution < 1.29 is 14.3 Å². The van der Waals surface area contributed by atoms with Gasteiger partial charge in [-0.05, 0) is 12.1 Å². The van der Waals surface area contributed by atoms with Crippen LogP contribution >= 0.6 is 0 Å². The number of amides is 1. The van der Waals surface area contributed by atoms with Crippen molar-refractivity contribution in [3.8, 4) is 11.5 Å². The molecular formula is C9H5NO3. The number of nitrogens with zero attached hydrogens (tertiary/aromatic N) is 1. The predicted octanol–water partition coefficient (Wildman–Crippen LogP) is 0.988. The van der Waals surface area contributed by atoms with E-state index in [1.807, 2.05) is 0 Å². The Morgan fingerprint density at radius 3 is 3.15 bits per heavy atom. The van der Waals surface area contributed by atoms with Crippen LogP contribution in [0.4, 0.5) is 0 Å². The molecule has 0 saturated heterocycles. The van der Waals surface area contributed by atoms with Gasteiger partial charge in [-0.1, -0.05) is 0 Å². The Balaban J connectivity index is 2.33. The summed E-state index contributed by atoms with van der Waals surface area (Å²) in [4.78, 5) is 15.0. The third kappa shape index (κ3) is 0.744. The van der Waals surface area contributed by atoms with Crippen LogP contribution in [0.5, 0.6) is 11.5 Å². The first-order chi connectivity index (χ1) is 6.36. The molecule has 0 bridgehead atoms. The van der Waals surface area contributed by atoms with Crippen LogP contribution in [-0.4, -0.2) is 18.9 Å². The summed E-state index contributed by atoms with van der Waals surface area (Å²) in [5, 5.41) is 0. The van der Waals surface area contributed by atoms with E-state index in [1.54, 1.807) is 18.3 Å².